The number of carbonyl (C=O) groups is 1. The molecule has 1 fully saturated rings. The topological polar surface area (TPSA) is 60.5 Å². The van der Waals surface area contributed by atoms with Gasteiger partial charge in [0.15, 0.2) is 0 Å². The largest absolute Gasteiger partial charge is 0.497 e. The highest BCUT2D eigenvalue weighted by molar-refractivity contribution is 7.14. The van der Waals surface area contributed by atoms with Gasteiger partial charge >= 0.3 is 0 Å². The quantitative estimate of drug-likeness (QED) is 0.915. The van der Waals surface area contributed by atoms with Crippen LogP contribution in [-0.4, -0.2) is 25.1 Å². The Morgan fingerprint density at radius 2 is 2.09 bits per heavy atom. The molecule has 3 rings (SSSR count). The van der Waals surface area contributed by atoms with Crippen molar-refractivity contribution in [2.24, 2.45) is 0 Å². The Balaban J connectivity index is 1.81. The molecule has 1 aromatic heterocycles. The minimum absolute atomic E-state index is 0.148. The molecule has 1 amide bonds. The average Bonchev–Trinajstić information content (AvgIpc) is 3.30. The number of anilines is 1. The van der Waals surface area contributed by atoms with E-state index in [1.807, 2.05) is 6.92 Å². The lowest BCUT2D eigenvalue weighted by molar-refractivity contribution is 0.102. The van der Waals surface area contributed by atoms with Crippen LogP contribution in [0.3, 0.4) is 0 Å². The van der Waals surface area contributed by atoms with Crippen LogP contribution < -0.4 is 14.8 Å². The Labute approximate surface area is 133 Å². The highest BCUT2D eigenvalue weighted by atomic mass is 32.1. The first kappa shape index (κ1) is 14.8. The van der Waals surface area contributed by atoms with Crippen LogP contribution in [0.15, 0.2) is 18.2 Å². The Hall–Kier alpha value is -2.08. The van der Waals surface area contributed by atoms with Crippen molar-refractivity contribution in [3.05, 3.63) is 33.8 Å². The van der Waals surface area contributed by atoms with Crippen LogP contribution in [0.1, 0.15) is 39.1 Å². The summed E-state index contributed by atoms with van der Waals surface area (Å²) in [6.45, 7) is 1.88. The van der Waals surface area contributed by atoms with E-state index in [0.717, 1.165) is 10.7 Å². The lowest BCUT2D eigenvalue weighted by Crippen LogP contribution is -2.12. The fourth-order valence-electron chi connectivity index (χ4n) is 2.21. The Kier molecular flexibility index (Phi) is 4.02. The van der Waals surface area contributed by atoms with E-state index in [1.165, 1.54) is 24.2 Å². The minimum atomic E-state index is -0.148. The number of ether oxygens (including phenoxy) is 2. The van der Waals surface area contributed by atoms with Crippen molar-refractivity contribution < 1.29 is 14.3 Å². The first-order chi connectivity index (χ1) is 10.6. The summed E-state index contributed by atoms with van der Waals surface area (Å²) >= 11 is 1.49. The molecule has 6 heteroatoms. The zero-order valence-corrected chi connectivity index (χ0v) is 13.6. The van der Waals surface area contributed by atoms with Crippen LogP contribution in [0.2, 0.25) is 0 Å². The summed E-state index contributed by atoms with van der Waals surface area (Å²) in [5.41, 5.74) is 1.41. The first-order valence-corrected chi connectivity index (χ1v) is 7.94. The molecule has 0 saturated heterocycles. The highest BCUT2D eigenvalue weighted by Gasteiger charge is 2.29. The molecule has 1 N–H and O–H groups in total. The maximum absolute atomic E-state index is 12.5. The number of amides is 1. The van der Waals surface area contributed by atoms with Crippen molar-refractivity contribution in [2.75, 3.05) is 19.5 Å². The number of methoxy groups -OCH3 is 2. The standard InChI is InChI=1S/C16H18N2O3S/c1-9-14(22-16(17-9)10-4-5-10)15(19)18-12-7-6-11(20-2)8-13(12)21-3/h6-8,10H,4-5H2,1-3H3,(H,18,19). The van der Waals surface area contributed by atoms with Crippen LogP contribution in [-0.2, 0) is 0 Å². The maximum atomic E-state index is 12.5. The van der Waals surface area contributed by atoms with E-state index < -0.39 is 0 Å². The number of benzene rings is 1. The third-order valence-corrected chi connectivity index (χ3v) is 4.92. The fourth-order valence-corrected chi connectivity index (χ4v) is 3.34. The molecule has 1 aliphatic carbocycles. The van der Waals surface area contributed by atoms with Gasteiger partial charge in [0.25, 0.3) is 5.91 Å². The molecule has 1 aromatic carbocycles. The second-order valence-electron chi connectivity index (χ2n) is 5.26. The summed E-state index contributed by atoms with van der Waals surface area (Å²) in [7, 11) is 3.15. The van der Waals surface area contributed by atoms with Crippen LogP contribution in [0, 0.1) is 6.92 Å². The lowest BCUT2D eigenvalue weighted by atomic mass is 10.2. The molecule has 5 nitrogen and oxygen atoms in total. The second kappa shape index (κ2) is 5.96. The summed E-state index contributed by atoms with van der Waals surface area (Å²) < 4.78 is 10.5. The Morgan fingerprint density at radius 3 is 2.73 bits per heavy atom. The summed E-state index contributed by atoms with van der Waals surface area (Å²) in [5.74, 6) is 1.66. The fraction of sp³-hybridized carbons (Fsp3) is 0.375. The predicted octanol–water partition coefficient (Wildman–Crippen LogP) is 3.60. The van der Waals surface area contributed by atoms with Crippen LogP contribution in [0.25, 0.3) is 0 Å². The molecular formula is C16H18N2O3S. The van der Waals surface area contributed by atoms with Gasteiger partial charge in [0.05, 0.1) is 30.6 Å². The van der Waals surface area contributed by atoms with Gasteiger partial charge in [0, 0.05) is 12.0 Å². The van der Waals surface area contributed by atoms with E-state index in [4.69, 9.17) is 9.47 Å². The van der Waals surface area contributed by atoms with Gasteiger partial charge in [0.1, 0.15) is 16.4 Å². The van der Waals surface area contributed by atoms with E-state index in [9.17, 15) is 4.79 Å². The Bertz CT molecular complexity index is 707. The number of aromatic nitrogens is 1. The van der Waals surface area contributed by atoms with E-state index in [0.29, 0.717) is 28.0 Å². The summed E-state index contributed by atoms with van der Waals surface area (Å²) in [6, 6.07) is 5.30. The molecule has 1 heterocycles. The number of hydrogen-bond donors (Lipinski definition) is 1. The van der Waals surface area contributed by atoms with Crippen LogP contribution in [0.4, 0.5) is 5.69 Å². The van der Waals surface area contributed by atoms with Crippen LogP contribution >= 0.6 is 11.3 Å². The number of nitrogens with zero attached hydrogens (tertiary/aromatic N) is 1. The minimum Gasteiger partial charge on any atom is -0.497 e. The van der Waals surface area contributed by atoms with Gasteiger partial charge in [-0.05, 0) is 31.9 Å². The molecule has 0 bridgehead atoms. The molecule has 2 aromatic rings. The molecule has 0 unspecified atom stereocenters. The predicted molar refractivity (Wildman–Crippen MR) is 86.3 cm³/mol. The van der Waals surface area contributed by atoms with Crippen molar-refractivity contribution in [3.63, 3.8) is 0 Å². The monoisotopic (exact) mass is 318 g/mol. The summed E-state index contributed by atoms with van der Waals surface area (Å²) in [6.07, 6.45) is 2.36. The second-order valence-corrected chi connectivity index (χ2v) is 6.29. The van der Waals surface area contributed by atoms with Gasteiger partial charge < -0.3 is 14.8 Å². The van der Waals surface area contributed by atoms with Crippen LogP contribution in [0.5, 0.6) is 11.5 Å². The van der Waals surface area contributed by atoms with E-state index in [1.54, 1.807) is 32.4 Å². The van der Waals surface area contributed by atoms with Gasteiger partial charge in [-0.15, -0.1) is 11.3 Å². The summed E-state index contributed by atoms with van der Waals surface area (Å²) in [5, 5.41) is 3.97. The van der Waals surface area contributed by atoms with Crippen molar-refractivity contribution >= 4 is 22.9 Å². The number of rotatable bonds is 5. The van der Waals surface area contributed by atoms with Gasteiger partial charge in [-0.2, -0.15) is 0 Å². The smallest absolute Gasteiger partial charge is 0.267 e. The van der Waals surface area contributed by atoms with Crippen molar-refractivity contribution in [1.82, 2.24) is 4.98 Å². The molecule has 0 atom stereocenters. The van der Waals surface area contributed by atoms with Gasteiger partial charge in [0.2, 0.25) is 0 Å². The molecule has 1 saturated carbocycles. The van der Waals surface area contributed by atoms with Gasteiger partial charge in [-0.3, -0.25) is 4.79 Å². The maximum Gasteiger partial charge on any atom is 0.267 e. The highest BCUT2D eigenvalue weighted by Crippen LogP contribution is 2.42. The third-order valence-electron chi connectivity index (χ3n) is 3.60. The Morgan fingerprint density at radius 1 is 1.32 bits per heavy atom. The molecule has 1 aliphatic rings. The molecule has 116 valence electrons. The number of aryl methyl sites for hydroxylation is 1. The zero-order valence-electron chi connectivity index (χ0n) is 12.8. The normalized spacial score (nSPS) is 13.8. The van der Waals surface area contributed by atoms with E-state index in [-0.39, 0.29) is 5.91 Å². The third kappa shape index (κ3) is 2.92. The van der Waals surface area contributed by atoms with Gasteiger partial charge in [-0.25, -0.2) is 4.98 Å². The summed E-state index contributed by atoms with van der Waals surface area (Å²) in [4.78, 5) is 17.7. The van der Waals surface area contributed by atoms with Gasteiger partial charge in [-0.1, -0.05) is 0 Å². The molecule has 0 aliphatic heterocycles. The van der Waals surface area contributed by atoms with Crippen molar-refractivity contribution in [3.8, 4) is 11.5 Å². The number of thiazole rings is 1. The van der Waals surface area contributed by atoms with Crippen molar-refractivity contribution in [1.29, 1.82) is 0 Å². The molecule has 22 heavy (non-hydrogen) atoms. The van der Waals surface area contributed by atoms with Crippen molar-refractivity contribution in [2.45, 2.75) is 25.7 Å². The zero-order chi connectivity index (χ0) is 15.7. The lowest BCUT2D eigenvalue weighted by Gasteiger charge is -2.11. The van der Waals surface area contributed by atoms with E-state index >= 15 is 0 Å². The number of nitrogens with one attached hydrogen (secondary N) is 1. The molecular weight excluding hydrogens is 300 g/mol. The first-order valence-electron chi connectivity index (χ1n) is 7.13. The average molecular weight is 318 g/mol. The number of carbonyl (C=O) groups excluding carboxylic acids is 1. The molecule has 0 radical (unpaired) electrons. The number of hydrogen-bond acceptors (Lipinski definition) is 5. The SMILES string of the molecule is COc1ccc(NC(=O)c2sc(C3CC3)nc2C)c(OC)c1. The van der Waals surface area contributed by atoms with E-state index in [2.05, 4.69) is 10.3 Å². The molecule has 0 spiro atoms.